The molecule has 1 aromatic carbocycles. The first kappa shape index (κ1) is 16.7. The second kappa shape index (κ2) is 6.64. The van der Waals surface area contributed by atoms with Gasteiger partial charge in [-0.2, -0.15) is 8.42 Å². The number of aromatic nitrogens is 1. The summed E-state index contributed by atoms with van der Waals surface area (Å²) in [7, 11) is -3.87. The van der Waals surface area contributed by atoms with E-state index in [1.54, 1.807) is 26.0 Å². The Kier molecular flexibility index (Phi) is 5.05. The summed E-state index contributed by atoms with van der Waals surface area (Å²) in [5, 5.41) is 0.498. The molecule has 2 rings (SSSR count). The summed E-state index contributed by atoms with van der Waals surface area (Å²) in [5.41, 5.74) is 0.676. The Labute approximate surface area is 137 Å². The Hall–Kier alpha value is -1.64. The number of carbonyl (C=O) groups excluding carboxylic acids is 1. The Balaban J connectivity index is 2.28. The molecule has 0 unspecified atom stereocenters. The van der Waals surface area contributed by atoms with Crippen LogP contribution in [0.2, 0.25) is 5.02 Å². The van der Waals surface area contributed by atoms with Gasteiger partial charge in [-0.05, 0) is 38.1 Å². The molecule has 1 N–H and O–H groups in total. The first-order valence-electron chi connectivity index (χ1n) is 6.26. The van der Waals surface area contributed by atoms with Gasteiger partial charge in [0.25, 0.3) is 10.0 Å². The van der Waals surface area contributed by atoms with Crippen LogP contribution in [0.5, 0.6) is 0 Å². The highest BCUT2D eigenvalue weighted by Crippen LogP contribution is 2.25. The molecule has 0 atom stereocenters. The topological polar surface area (TPSA) is 85.4 Å². The molecule has 0 bridgehead atoms. The Morgan fingerprint density at radius 2 is 2.00 bits per heavy atom. The molecule has 0 spiro atoms. The maximum atomic E-state index is 12.3. The number of anilines is 1. The van der Waals surface area contributed by atoms with Crippen LogP contribution in [0.25, 0.3) is 0 Å². The van der Waals surface area contributed by atoms with Crippen LogP contribution < -0.4 is 4.72 Å². The predicted molar refractivity (Wildman–Crippen MR) is 85.1 cm³/mol. The quantitative estimate of drug-likeness (QED) is 0.828. The SMILES string of the molecule is CCOC(=O)c1sc(S(=O)(=O)Nc2ccc(Cl)cc2)nc1C. The van der Waals surface area contributed by atoms with Crippen molar-refractivity contribution in [3.8, 4) is 0 Å². The molecular weight excluding hydrogens is 348 g/mol. The van der Waals surface area contributed by atoms with Crippen molar-refractivity contribution in [2.75, 3.05) is 11.3 Å². The second-order valence-electron chi connectivity index (χ2n) is 4.23. The van der Waals surface area contributed by atoms with E-state index in [9.17, 15) is 13.2 Å². The van der Waals surface area contributed by atoms with Crippen molar-refractivity contribution in [2.24, 2.45) is 0 Å². The van der Waals surface area contributed by atoms with E-state index in [0.29, 0.717) is 16.4 Å². The van der Waals surface area contributed by atoms with E-state index in [-0.39, 0.29) is 15.8 Å². The number of carbonyl (C=O) groups is 1. The van der Waals surface area contributed by atoms with Crippen molar-refractivity contribution in [3.05, 3.63) is 39.9 Å². The molecule has 0 aliphatic heterocycles. The summed E-state index contributed by atoms with van der Waals surface area (Å²) in [5.74, 6) is -0.578. The minimum absolute atomic E-state index is 0.179. The molecule has 2 aromatic rings. The van der Waals surface area contributed by atoms with Gasteiger partial charge < -0.3 is 4.74 Å². The van der Waals surface area contributed by atoms with Gasteiger partial charge in [-0.25, -0.2) is 9.78 Å². The number of esters is 1. The van der Waals surface area contributed by atoms with E-state index in [0.717, 1.165) is 11.3 Å². The van der Waals surface area contributed by atoms with Crippen molar-refractivity contribution in [2.45, 2.75) is 18.2 Å². The van der Waals surface area contributed by atoms with Gasteiger partial charge in [-0.15, -0.1) is 0 Å². The molecule has 0 fully saturated rings. The van der Waals surface area contributed by atoms with E-state index < -0.39 is 16.0 Å². The molecule has 0 aliphatic rings. The molecule has 0 saturated heterocycles. The standard InChI is InChI=1S/C13H13ClN2O4S2/c1-3-20-12(17)11-8(2)15-13(21-11)22(18,19)16-10-6-4-9(14)5-7-10/h4-7,16H,3H2,1-2H3. The third-order valence-electron chi connectivity index (χ3n) is 2.56. The van der Waals surface area contributed by atoms with E-state index >= 15 is 0 Å². The lowest BCUT2D eigenvalue weighted by molar-refractivity contribution is 0.0531. The van der Waals surface area contributed by atoms with Gasteiger partial charge in [0.05, 0.1) is 12.3 Å². The third-order valence-corrected chi connectivity index (χ3v) is 5.71. The lowest BCUT2D eigenvalue weighted by atomic mass is 10.3. The van der Waals surface area contributed by atoms with Gasteiger partial charge in [-0.1, -0.05) is 22.9 Å². The zero-order valence-corrected chi connectivity index (χ0v) is 14.2. The van der Waals surface area contributed by atoms with E-state index in [2.05, 4.69) is 9.71 Å². The summed E-state index contributed by atoms with van der Waals surface area (Å²) in [6, 6.07) is 6.20. The Morgan fingerprint density at radius 1 is 1.36 bits per heavy atom. The molecule has 1 aromatic heterocycles. The van der Waals surface area contributed by atoms with Gasteiger partial charge in [0.15, 0.2) is 0 Å². The zero-order valence-electron chi connectivity index (χ0n) is 11.8. The lowest BCUT2D eigenvalue weighted by Gasteiger charge is -2.05. The van der Waals surface area contributed by atoms with Crippen LogP contribution in [0, 0.1) is 6.92 Å². The summed E-state index contributed by atoms with van der Waals surface area (Å²) in [6.45, 7) is 3.44. The molecule has 0 amide bonds. The number of ether oxygens (including phenoxy) is 1. The van der Waals surface area contributed by atoms with Crippen LogP contribution in [0.1, 0.15) is 22.3 Å². The van der Waals surface area contributed by atoms with Crippen molar-refractivity contribution in [1.82, 2.24) is 4.98 Å². The average molecular weight is 361 g/mol. The first-order valence-corrected chi connectivity index (χ1v) is 8.94. The second-order valence-corrected chi connectivity index (χ2v) is 7.52. The third kappa shape index (κ3) is 3.76. The number of nitrogens with one attached hydrogen (secondary N) is 1. The van der Waals surface area contributed by atoms with Crippen LogP contribution in [-0.4, -0.2) is 26.0 Å². The number of hydrogen-bond acceptors (Lipinski definition) is 6. The summed E-state index contributed by atoms with van der Waals surface area (Å²) < 4.78 is 31.6. The monoisotopic (exact) mass is 360 g/mol. The molecule has 6 nitrogen and oxygen atoms in total. The van der Waals surface area contributed by atoms with Crippen LogP contribution >= 0.6 is 22.9 Å². The molecule has 9 heteroatoms. The number of hydrogen-bond donors (Lipinski definition) is 1. The van der Waals surface area contributed by atoms with Gasteiger partial charge in [0.2, 0.25) is 4.34 Å². The van der Waals surface area contributed by atoms with Gasteiger partial charge in [0.1, 0.15) is 4.88 Å². The van der Waals surface area contributed by atoms with Crippen molar-refractivity contribution in [3.63, 3.8) is 0 Å². The van der Waals surface area contributed by atoms with E-state index in [1.807, 2.05) is 0 Å². The Bertz CT molecular complexity index is 785. The largest absolute Gasteiger partial charge is 0.462 e. The number of benzene rings is 1. The summed E-state index contributed by atoms with van der Waals surface area (Å²) in [6.07, 6.45) is 0. The molecule has 118 valence electrons. The van der Waals surface area contributed by atoms with Gasteiger partial charge >= 0.3 is 5.97 Å². The molecule has 1 heterocycles. The number of thiazole rings is 1. The summed E-state index contributed by atoms with van der Waals surface area (Å²) >= 11 is 6.52. The molecule has 0 radical (unpaired) electrons. The van der Waals surface area contributed by atoms with Crippen molar-refractivity contribution < 1.29 is 17.9 Å². The maximum Gasteiger partial charge on any atom is 0.350 e. The van der Waals surface area contributed by atoms with Crippen LogP contribution in [-0.2, 0) is 14.8 Å². The van der Waals surface area contributed by atoms with Crippen molar-refractivity contribution in [1.29, 1.82) is 0 Å². The lowest BCUT2D eigenvalue weighted by Crippen LogP contribution is -2.12. The molecule has 0 saturated carbocycles. The number of aryl methyl sites for hydroxylation is 1. The van der Waals surface area contributed by atoms with E-state index in [1.165, 1.54) is 12.1 Å². The smallest absolute Gasteiger partial charge is 0.350 e. The first-order chi connectivity index (χ1) is 10.3. The van der Waals surface area contributed by atoms with Crippen LogP contribution in [0.15, 0.2) is 28.6 Å². The summed E-state index contributed by atoms with van der Waals surface area (Å²) in [4.78, 5) is 15.8. The average Bonchev–Trinajstić information content (AvgIpc) is 2.84. The fraction of sp³-hybridized carbons (Fsp3) is 0.231. The number of sulfonamides is 1. The minimum atomic E-state index is -3.87. The predicted octanol–water partition coefficient (Wildman–Crippen LogP) is 3.08. The number of rotatable bonds is 5. The minimum Gasteiger partial charge on any atom is -0.462 e. The molecule has 0 aliphatic carbocycles. The molecular formula is C13H13ClN2O4S2. The molecule has 22 heavy (non-hydrogen) atoms. The Morgan fingerprint density at radius 3 is 2.59 bits per heavy atom. The maximum absolute atomic E-state index is 12.3. The normalized spacial score (nSPS) is 11.2. The van der Waals surface area contributed by atoms with Crippen molar-refractivity contribution >= 4 is 44.6 Å². The highest BCUT2D eigenvalue weighted by atomic mass is 35.5. The zero-order chi connectivity index (χ0) is 16.3. The number of nitrogens with zero attached hydrogens (tertiary/aromatic N) is 1. The van der Waals surface area contributed by atoms with Crippen LogP contribution in [0.4, 0.5) is 5.69 Å². The highest BCUT2D eigenvalue weighted by molar-refractivity contribution is 7.94. The fourth-order valence-electron chi connectivity index (χ4n) is 1.59. The van der Waals surface area contributed by atoms with Gasteiger partial charge in [0, 0.05) is 10.7 Å². The number of halogens is 1. The van der Waals surface area contributed by atoms with Crippen LogP contribution in [0.3, 0.4) is 0 Å². The highest BCUT2D eigenvalue weighted by Gasteiger charge is 2.24. The fourth-order valence-corrected chi connectivity index (χ4v) is 4.01. The van der Waals surface area contributed by atoms with Gasteiger partial charge in [-0.3, -0.25) is 4.72 Å². The van der Waals surface area contributed by atoms with E-state index in [4.69, 9.17) is 16.3 Å².